The van der Waals surface area contributed by atoms with Crippen molar-refractivity contribution >= 4 is 29.0 Å². The van der Waals surface area contributed by atoms with Gasteiger partial charge in [-0.25, -0.2) is 5.84 Å². The number of hydrazine groups is 1. The largest absolute Gasteiger partial charge is 0.476 e. The van der Waals surface area contributed by atoms with Crippen molar-refractivity contribution in [3.05, 3.63) is 16.1 Å². The molecule has 1 aromatic rings. The van der Waals surface area contributed by atoms with Crippen LogP contribution < -0.4 is 16.0 Å². The summed E-state index contributed by atoms with van der Waals surface area (Å²) in [5.74, 6) is 6.67. The number of anilines is 1. The van der Waals surface area contributed by atoms with Gasteiger partial charge in [0.1, 0.15) is 5.02 Å². The summed E-state index contributed by atoms with van der Waals surface area (Å²) in [6.45, 7) is 0.651. The monoisotopic (exact) mass is 289 g/mol. The molecule has 2 rings (SSSR count). The van der Waals surface area contributed by atoms with E-state index in [4.69, 9.17) is 33.8 Å². The van der Waals surface area contributed by atoms with Crippen LogP contribution in [0.25, 0.3) is 0 Å². The molecule has 0 aliphatic heterocycles. The van der Waals surface area contributed by atoms with Crippen LogP contribution in [0.5, 0.6) is 5.88 Å². The Morgan fingerprint density at radius 1 is 1.28 bits per heavy atom. The lowest BCUT2D eigenvalue weighted by Crippen LogP contribution is -2.16. The van der Waals surface area contributed by atoms with Crippen molar-refractivity contribution in [1.82, 2.24) is 4.98 Å². The fourth-order valence-corrected chi connectivity index (χ4v) is 2.67. The molecule has 0 spiro atoms. The molecule has 1 saturated carbocycles. The van der Waals surface area contributed by atoms with Gasteiger partial charge in [0.05, 0.1) is 11.6 Å². The minimum absolute atomic E-state index is 0.375. The van der Waals surface area contributed by atoms with Gasteiger partial charge in [-0.1, -0.05) is 42.5 Å². The van der Waals surface area contributed by atoms with Crippen LogP contribution in [0.15, 0.2) is 6.07 Å². The number of nitrogens with zero attached hydrogens (tertiary/aromatic N) is 1. The van der Waals surface area contributed by atoms with Gasteiger partial charge in [0, 0.05) is 0 Å². The van der Waals surface area contributed by atoms with Crippen LogP contribution in [0.4, 0.5) is 5.82 Å². The Morgan fingerprint density at radius 2 is 2.00 bits per heavy atom. The zero-order valence-electron chi connectivity index (χ0n) is 10.1. The van der Waals surface area contributed by atoms with E-state index in [1.54, 1.807) is 6.07 Å². The highest BCUT2D eigenvalue weighted by Gasteiger charge is 2.16. The molecule has 0 atom stereocenters. The minimum Gasteiger partial charge on any atom is -0.476 e. The molecular weight excluding hydrogens is 273 g/mol. The quantitative estimate of drug-likeness (QED) is 0.656. The number of ether oxygens (including phenoxy) is 1. The summed E-state index contributed by atoms with van der Waals surface area (Å²) < 4.78 is 5.68. The van der Waals surface area contributed by atoms with Crippen LogP contribution in [0.3, 0.4) is 0 Å². The Morgan fingerprint density at radius 3 is 2.67 bits per heavy atom. The molecule has 1 heterocycles. The molecular formula is C12H17Cl2N3O. The lowest BCUT2D eigenvalue weighted by atomic mass is 9.90. The summed E-state index contributed by atoms with van der Waals surface area (Å²) in [5, 5.41) is 0.794. The van der Waals surface area contributed by atoms with E-state index in [1.165, 1.54) is 32.1 Å². The van der Waals surface area contributed by atoms with E-state index in [0.29, 0.717) is 34.3 Å². The van der Waals surface area contributed by atoms with Crippen LogP contribution in [0, 0.1) is 5.92 Å². The van der Waals surface area contributed by atoms with E-state index >= 15 is 0 Å². The summed E-state index contributed by atoms with van der Waals surface area (Å²) in [6.07, 6.45) is 6.33. The van der Waals surface area contributed by atoms with Gasteiger partial charge in [-0.15, -0.1) is 0 Å². The van der Waals surface area contributed by atoms with Gasteiger partial charge in [-0.3, -0.25) is 0 Å². The molecule has 18 heavy (non-hydrogen) atoms. The lowest BCUT2D eigenvalue weighted by Gasteiger charge is -2.21. The van der Waals surface area contributed by atoms with Crippen molar-refractivity contribution in [1.29, 1.82) is 0 Å². The van der Waals surface area contributed by atoms with Crippen LogP contribution in [0.2, 0.25) is 10.0 Å². The number of nitrogens with two attached hydrogens (primary N) is 1. The third kappa shape index (κ3) is 3.40. The second-order valence-corrected chi connectivity index (χ2v) is 5.38. The van der Waals surface area contributed by atoms with Gasteiger partial charge in [-0.05, 0) is 24.8 Å². The van der Waals surface area contributed by atoms with Gasteiger partial charge in [0.2, 0.25) is 5.88 Å². The van der Waals surface area contributed by atoms with Gasteiger partial charge < -0.3 is 10.2 Å². The van der Waals surface area contributed by atoms with Crippen molar-refractivity contribution < 1.29 is 4.74 Å². The maximum Gasteiger partial charge on any atom is 0.234 e. The summed E-state index contributed by atoms with van der Waals surface area (Å²) >= 11 is 11.9. The molecule has 0 aromatic carbocycles. The molecule has 6 heteroatoms. The van der Waals surface area contributed by atoms with E-state index < -0.39 is 0 Å². The first-order valence-electron chi connectivity index (χ1n) is 6.16. The minimum atomic E-state index is 0.375. The number of rotatable bonds is 4. The van der Waals surface area contributed by atoms with Gasteiger partial charge in [0.25, 0.3) is 0 Å². The van der Waals surface area contributed by atoms with Gasteiger partial charge in [0.15, 0.2) is 5.82 Å². The summed E-state index contributed by atoms with van der Waals surface area (Å²) in [6, 6.07) is 1.58. The highest BCUT2D eigenvalue weighted by atomic mass is 35.5. The van der Waals surface area contributed by atoms with Gasteiger partial charge >= 0.3 is 0 Å². The Kier molecular flexibility index (Phi) is 4.92. The lowest BCUT2D eigenvalue weighted by molar-refractivity contribution is 0.203. The second kappa shape index (κ2) is 6.45. The topological polar surface area (TPSA) is 60.2 Å². The van der Waals surface area contributed by atoms with Crippen LogP contribution in [-0.2, 0) is 0 Å². The molecule has 0 amide bonds. The maximum absolute atomic E-state index is 6.04. The zero-order chi connectivity index (χ0) is 13.0. The van der Waals surface area contributed by atoms with Crippen LogP contribution in [0.1, 0.15) is 32.1 Å². The SMILES string of the molecule is NNc1nc(OCC2CCCCC2)c(Cl)cc1Cl. The Bertz CT molecular complexity index is 409. The second-order valence-electron chi connectivity index (χ2n) is 4.57. The molecule has 100 valence electrons. The number of halogens is 2. The van der Waals surface area contributed by atoms with E-state index in [-0.39, 0.29) is 0 Å². The molecule has 0 saturated heterocycles. The van der Waals surface area contributed by atoms with E-state index in [2.05, 4.69) is 10.4 Å². The molecule has 1 aromatic heterocycles. The van der Waals surface area contributed by atoms with E-state index in [1.807, 2.05) is 0 Å². The summed E-state index contributed by atoms with van der Waals surface area (Å²) in [7, 11) is 0. The predicted octanol–water partition coefficient (Wildman–Crippen LogP) is 3.63. The molecule has 1 fully saturated rings. The third-order valence-corrected chi connectivity index (χ3v) is 3.77. The highest BCUT2D eigenvalue weighted by Crippen LogP contribution is 2.31. The van der Waals surface area contributed by atoms with Crippen molar-refractivity contribution in [2.45, 2.75) is 32.1 Å². The number of aromatic nitrogens is 1. The number of pyridine rings is 1. The van der Waals surface area contributed by atoms with Crippen LogP contribution >= 0.6 is 23.2 Å². The summed E-state index contributed by atoms with van der Waals surface area (Å²) in [4.78, 5) is 4.15. The van der Waals surface area contributed by atoms with Crippen molar-refractivity contribution in [2.75, 3.05) is 12.0 Å². The molecule has 0 bridgehead atoms. The molecule has 0 unspecified atom stereocenters. The van der Waals surface area contributed by atoms with Crippen LogP contribution in [-0.4, -0.2) is 11.6 Å². The first-order valence-corrected chi connectivity index (χ1v) is 6.91. The first kappa shape index (κ1) is 13.7. The average Bonchev–Trinajstić information content (AvgIpc) is 2.39. The molecule has 3 N–H and O–H groups in total. The number of nitrogens with one attached hydrogen (secondary N) is 1. The zero-order valence-corrected chi connectivity index (χ0v) is 11.6. The summed E-state index contributed by atoms with van der Waals surface area (Å²) in [5.41, 5.74) is 2.42. The Labute approximate surface area is 117 Å². The molecule has 4 nitrogen and oxygen atoms in total. The Balaban J connectivity index is 1.99. The standard InChI is InChI=1S/C12H17Cl2N3O/c13-9-6-10(14)12(16-11(9)17-15)18-7-8-4-2-1-3-5-8/h6,8H,1-5,7,15H2,(H,16,17). The maximum atomic E-state index is 6.04. The van der Waals surface area contributed by atoms with E-state index in [0.717, 1.165) is 0 Å². The fourth-order valence-electron chi connectivity index (χ4n) is 2.20. The normalized spacial score (nSPS) is 16.6. The first-order chi connectivity index (χ1) is 8.70. The fraction of sp³-hybridized carbons (Fsp3) is 0.583. The van der Waals surface area contributed by atoms with Crippen molar-refractivity contribution in [3.63, 3.8) is 0 Å². The molecule has 1 aliphatic carbocycles. The van der Waals surface area contributed by atoms with Crippen molar-refractivity contribution in [3.8, 4) is 5.88 Å². The highest BCUT2D eigenvalue weighted by molar-refractivity contribution is 6.36. The van der Waals surface area contributed by atoms with Crippen molar-refractivity contribution in [2.24, 2.45) is 11.8 Å². The number of nitrogen functional groups attached to an aromatic ring is 1. The number of hydrogen-bond acceptors (Lipinski definition) is 4. The average molecular weight is 290 g/mol. The third-order valence-electron chi connectivity index (χ3n) is 3.21. The molecule has 1 aliphatic rings. The smallest absolute Gasteiger partial charge is 0.234 e. The van der Waals surface area contributed by atoms with Gasteiger partial charge in [-0.2, -0.15) is 4.98 Å². The number of hydrogen-bond donors (Lipinski definition) is 2. The van der Waals surface area contributed by atoms with E-state index in [9.17, 15) is 0 Å². The Hall–Kier alpha value is -0.710. The molecule has 0 radical (unpaired) electrons. The predicted molar refractivity (Wildman–Crippen MR) is 74.1 cm³/mol.